The molecule has 5 heteroatoms. The number of fused-ring (bicyclic) bond motifs is 1. The van der Waals surface area contributed by atoms with Gasteiger partial charge in [0.15, 0.2) is 11.6 Å². The predicted molar refractivity (Wildman–Crippen MR) is 78.8 cm³/mol. The molecule has 1 fully saturated rings. The Balaban J connectivity index is 1.86. The highest BCUT2D eigenvalue weighted by atomic mass is 19.2. The highest BCUT2D eigenvalue weighted by Gasteiger charge is 2.38. The number of nitrogens with zero attached hydrogens (tertiary/aromatic N) is 1. The average Bonchev–Trinajstić information content (AvgIpc) is 2.92. The number of benzene rings is 1. The summed E-state index contributed by atoms with van der Waals surface area (Å²) in [6.45, 7) is 3.27. The van der Waals surface area contributed by atoms with Crippen molar-refractivity contribution in [2.75, 3.05) is 20.2 Å². The molecule has 1 heterocycles. The molecule has 0 N–H and O–H groups in total. The summed E-state index contributed by atoms with van der Waals surface area (Å²) in [5.41, 5.74) is 1.04. The van der Waals surface area contributed by atoms with Crippen LogP contribution in [0.4, 0.5) is 8.78 Å². The van der Waals surface area contributed by atoms with Crippen molar-refractivity contribution in [3.63, 3.8) is 0 Å². The van der Waals surface area contributed by atoms with Crippen LogP contribution in [0, 0.1) is 23.5 Å². The summed E-state index contributed by atoms with van der Waals surface area (Å²) < 4.78 is 32.6. The minimum Gasteiger partial charge on any atom is -0.496 e. The summed E-state index contributed by atoms with van der Waals surface area (Å²) in [4.78, 5) is 14.3. The first-order valence-electron chi connectivity index (χ1n) is 7.48. The molecule has 22 heavy (non-hydrogen) atoms. The van der Waals surface area contributed by atoms with Crippen molar-refractivity contribution < 1.29 is 18.3 Å². The molecule has 1 aromatic rings. The molecule has 0 saturated carbocycles. The number of ether oxygens (including phenoxy) is 1. The summed E-state index contributed by atoms with van der Waals surface area (Å²) in [5.74, 6) is -1.74. The number of carbonyl (C=O) groups excluding carboxylic acids is 1. The quantitative estimate of drug-likeness (QED) is 0.784. The summed E-state index contributed by atoms with van der Waals surface area (Å²) in [5, 5.41) is 0. The van der Waals surface area contributed by atoms with Gasteiger partial charge in [-0.05, 0) is 43.7 Å². The molecule has 3 nitrogen and oxygen atoms in total. The van der Waals surface area contributed by atoms with Gasteiger partial charge in [-0.25, -0.2) is 8.78 Å². The first-order valence-corrected chi connectivity index (χ1v) is 7.48. The summed E-state index contributed by atoms with van der Waals surface area (Å²) in [6.07, 6.45) is 4.12. The second-order valence-electron chi connectivity index (χ2n) is 6.16. The van der Waals surface area contributed by atoms with Crippen LogP contribution in [0.5, 0.6) is 5.75 Å². The second kappa shape index (κ2) is 5.71. The van der Waals surface area contributed by atoms with Crippen LogP contribution in [0.1, 0.15) is 30.1 Å². The van der Waals surface area contributed by atoms with Gasteiger partial charge in [0.05, 0.1) is 7.11 Å². The van der Waals surface area contributed by atoms with Gasteiger partial charge in [0.1, 0.15) is 11.3 Å². The van der Waals surface area contributed by atoms with E-state index < -0.39 is 17.5 Å². The molecule has 0 unspecified atom stereocenters. The molecule has 0 radical (unpaired) electrons. The lowest BCUT2D eigenvalue weighted by Crippen LogP contribution is -2.30. The zero-order chi connectivity index (χ0) is 15.9. The molecule has 1 amide bonds. The number of hydrogen-bond donors (Lipinski definition) is 0. The SMILES string of the molecule is COc1ccc(F)c(F)c1C(=O)N1C[C@H]2CC(C)=CC[C@H]2C1. The number of carbonyl (C=O) groups is 1. The second-order valence-corrected chi connectivity index (χ2v) is 6.16. The van der Waals surface area contributed by atoms with E-state index in [1.165, 1.54) is 18.7 Å². The molecule has 1 aliphatic heterocycles. The van der Waals surface area contributed by atoms with Crippen molar-refractivity contribution in [1.82, 2.24) is 4.90 Å². The van der Waals surface area contributed by atoms with Crippen LogP contribution in [0.25, 0.3) is 0 Å². The Morgan fingerprint density at radius 2 is 2.00 bits per heavy atom. The van der Waals surface area contributed by atoms with Crippen LogP contribution in [-0.4, -0.2) is 31.0 Å². The molecule has 0 spiro atoms. The van der Waals surface area contributed by atoms with Gasteiger partial charge in [0, 0.05) is 13.1 Å². The Morgan fingerprint density at radius 3 is 2.73 bits per heavy atom. The van der Waals surface area contributed by atoms with Gasteiger partial charge in [-0.1, -0.05) is 11.6 Å². The molecule has 1 aromatic carbocycles. The van der Waals surface area contributed by atoms with Gasteiger partial charge in [0.2, 0.25) is 0 Å². The van der Waals surface area contributed by atoms with E-state index in [1.807, 2.05) is 0 Å². The van der Waals surface area contributed by atoms with E-state index in [4.69, 9.17) is 4.74 Å². The number of allylic oxidation sites excluding steroid dienone is 2. The number of hydrogen-bond acceptors (Lipinski definition) is 2. The lowest BCUT2D eigenvalue weighted by atomic mass is 9.83. The van der Waals surface area contributed by atoms with Gasteiger partial charge in [-0.3, -0.25) is 4.79 Å². The molecule has 0 bridgehead atoms. The average molecular weight is 307 g/mol. The maximum absolute atomic E-state index is 14.1. The first kappa shape index (κ1) is 15.0. The molecular weight excluding hydrogens is 288 g/mol. The highest BCUT2D eigenvalue weighted by Crippen LogP contribution is 2.37. The number of rotatable bonds is 2. The van der Waals surface area contributed by atoms with Gasteiger partial charge >= 0.3 is 0 Å². The summed E-state index contributed by atoms with van der Waals surface area (Å²) >= 11 is 0. The van der Waals surface area contributed by atoms with Crippen molar-refractivity contribution in [3.05, 3.63) is 41.0 Å². The maximum atomic E-state index is 14.1. The Bertz CT molecular complexity index is 642. The smallest absolute Gasteiger partial charge is 0.260 e. The van der Waals surface area contributed by atoms with Gasteiger partial charge in [-0.2, -0.15) is 0 Å². The zero-order valence-corrected chi connectivity index (χ0v) is 12.7. The monoisotopic (exact) mass is 307 g/mol. The number of methoxy groups -OCH3 is 1. The van der Waals surface area contributed by atoms with Gasteiger partial charge in [0.25, 0.3) is 5.91 Å². The van der Waals surface area contributed by atoms with Crippen molar-refractivity contribution in [3.8, 4) is 5.75 Å². The van der Waals surface area contributed by atoms with Gasteiger partial charge in [-0.15, -0.1) is 0 Å². The molecule has 3 rings (SSSR count). The zero-order valence-electron chi connectivity index (χ0n) is 12.7. The third-order valence-electron chi connectivity index (χ3n) is 4.71. The minimum absolute atomic E-state index is 0.0769. The van der Waals surface area contributed by atoms with E-state index in [9.17, 15) is 13.6 Å². The maximum Gasteiger partial charge on any atom is 0.260 e. The molecule has 2 atom stereocenters. The molecule has 2 aliphatic rings. The molecule has 0 aromatic heterocycles. The molecular formula is C17H19F2NO2. The topological polar surface area (TPSA) is 29.5 Å². The van der Waals surface area contributed by atoms with Crippen LogP contribution in [-0.2, 0) is 0 Å². The Hall–Kier alpha value is -1.91. The van der Waals surface area contributed by atoms with Crippen molar-refractivity contribution in [2.24, 2.45) is 11.8 Å². The van der Waals surface area contributed by atoms with E-state index in [1.54, 1.807) is 4.90 Å². The highest BCUT2D eigenvalue weighted by molar-refractivity contribution is 5.97. The largest absolute Gasteiger partial charge is 0.496 e. The van der Waals surface area contributed by atoms with Crippen molar-refractivity contribution >= 4 is 5.91 Å². The third kappa shape index (κ3) is 2.49. The molecule has 118 valence electrons. The summed E-state index contributed by atoms with van der Waals surface area (Å²) in [7, 11) is 1.35. The van der Waals surface area contributed by atoms with Crippen molar-refractivity contribution in [2.45, 2.75) is 19.8 Å². The van der Waals surface area contributed by atoms with E-state index in [0.717, 1.165) is 18.9 Å². The van der Waals surface area contributed by atoms with Gasteiger partial charge < -0.3 is 9.64 Å². The Labute approximate surface area is 128 Å². The van der Waals surface area contributed by atoms with E-state index in [2.05, 4.69) is 13.0 Å². The van der Waals surface area contributed by atoms with Crippen LogP contribution in [0.15, 0.2) is 23.8 Å². The summed E-state index contributed by atoms with van der Waals surface area (Å²) in [6, 6.07) is 2.27. The number of likely N-dealkylation sites (tertiary alicyclic amines) is 1. The van der Waals surface area contributed by atoms with E-state index in [-0.39, 0.29) is 11.3 Å². The fraction of sp³-hybridized carbons (Fsp3) is 0.471. The fourth-order valence-electron chi connectivity index (χ4n) is 3.51. The fourth-order valence-corrected chi connectivity index (χ4v) is 3.51. The molecule has 1 saturated heterocycles. The van der Waals surface area contributed by atoms with Crippen LogP contribution in [0.3, 0.4) is 0 Å². The normalized spacial score (nSPS) is 24.0. The molecule has 1 aliphatic carbocycles. The lowest BCUT2D eigenvalue weighted by molar-refractivity contribution is 0.0774. The lowest BCUT2D eigenvalue weighted by Gasteiger charge is -2.21. The van der Waals surface area contributed by atoms with Crippen LogP contribution < -0.4 is 4.74 Å². The standard InChI is InChI=1S/C17H19F2NO2/c1-10-3-4-11-8-20(9-12(11)7-10)17(21)15-14(22-2)6-5-13(18)16(15)19/h3,5-6,11-12H,4,7-9H2,1-2H3/t11-,12+/m0/s1. The minimum atomic E-state index is -1.13. The Kier molecular flexibility index (Phi) is 3.89. The predicted octanol–water partition coefficient (Wildman–Crippen LogP) is 3.40. The third-order valence-corrected chi connectivity index (χ3v) is 4.71. The first-order chi connectivity index (χ1) is 10.5. The number of amides is 1. The van der Waals surface area contributed by atoms with E-state index in [0.29, 0.717) is 24.9 Å². The van der Waals surface area contributed by atoms with Crippen LogP contribution >= 0.6 is 0 Å². The number of halogens is 2. The van der Waals surface area contributed by atoms with Crippen LogP contribution in [0.2, 0.25) is 0 Å². The Morgan fingerprint density at radius 1 is 1.27 bits per heavy atom. The van der Waals surface area contributed by atoms with E-state index >= 15 is 0 Å². The van der Waals surface area contributed by atoms with Crippen molar-refractivity contribution in [1.29, 1.82) is 0 Å².